The molecule has 2 rings (SSSR count). The molecule has 0 aromatic heterocycles. The van der Waals surface area contributed by atoms with Crippen LogP contribution in [0.5, 0.6) is 0 Å². The third kappa shape index (κ3) is 3.65. The van der Waals surface area contributed by atoms with Gasteiger partial charge in [-0.15, -0.1) is 0 Å². The molecule has 0 aromatic carbocycles. The van der Waals surface area contributed by atoms with Crippen LogP contribution in [0.4, 0.5) is 0 Å². The van der Waals surface area contributed by atoms with Gasteiger partial charge in [0.1, 0.15) is 48.8 Å². The van der Waals surface area contributed by atoms with Crippen molar-refractivity contribution >= 4 is 0 Å². The monoisotopic (exact) mass is 342 g/mol. The molecule has 0 bridgehead atoms. The van der Waals surface area contributed by atoms with Crippen LogP contribution in [0.2, 0.25) is 0 Å². The third-order valence-corrected chi connectivity index (χ3v) is 3.98. The van der Waals surface area contributed by atoms with Crippen molar-refractivity contribution in [3.63, 3.8) is 0 Å². The van der Waals surface area contributed by atoms with Gasteiger partial charge >= 0.3 is 0 Å². The molecule has 0 aliphatic carbocycles. The van der Waals surface area contributed by atoms with E-state index in [0.717, 1.165) is 0 Å². The Bertz CT molecular complexity index is 380. The lowest BCUT2D eigenvalue weighted by atomic mass is 9.97. The number of aliphatic hydroxyl groups excluding tert-OH is 8. The average Bonchev–Trinajstić information content (AvgIpc) is 2.54. The Balaban J connectivity index is 2.08. The van der Waals surface area contributed by atoms with E-state index in [1.165, 1.54) is 0 Å². The van der Waals surface area contributed by atoms with E-state index in [4.69, 9.17) is 24.4 Å². The van der Waals surface area contributed by atoms with Gasteiger partial charge in [0.05, 0.1) is 13.2 Å². The van der Waals surface area contributed by atoms with E-state index in [0.29, 0.717) is 0 Å². The highest BCUT2D eigenvalue weighted by Crippen LogP contribution is 2.28. The molecule has 2 heterocycles. The normalized spacial score (nSPS) is 51.7. The van der Waals surface area contributed by atoms with Crippen LogP contribution in [0.3, 0.4) is 0 Å². The topological polar surface area (TPSA) is 190 Å². The molecule has 10 atom stereocenters. The molecule has 2 aliphatic heterocycles. The molecular formula is C12H22O11. The summed E-state index contributed by atoms with van der Waals surface area (Å²) in [5, 5.41) is 76.7. The zero-order chi connectivity index (χ0) is 17.3. The van der Waals surface area contributed by atoms with Crippen molar-refractivity contribution in [2.75, 3.05) is 13.2 Å². The van der Waals surface area contributed by atoms with Gasteiger partial charge in [0, 0.05) is 0 Å². The summed E-state index contributed by atoms with van der Waals surface area (Å²) in [4.78, 5) is 0. The van der Waals surface area contributed by atoms with Crippen LogP contribution in [0, 0.1) is 0 Å². The predicted molar refractivity (Wildman–Crippen MR) is 68.6 cm³/mol. The van der Waals surface area contributed by atoms with Gasteiger partial charge in [-0.05, 0) is 0 Å². The van der Waals surface area contributed by atoms with Gasteiger partial charge in [0.25, 0.3) is 0 Å². The fraction of sp³-hybridized carbons (Fsp3) is 1.00. The summed E-state index contributed by atoms with van der Waals surface area (Å²) >= 11 is 0. The number of aliphatic hydroxyl groups is 8. The highest BCUT2D eigenvalue weighted by molar-refractivity contribution is 4.93. The quantitative estimate of drug-likeness (QED) is 0.243. The van der Waals surface area contributed by atoms with Gasteiger partial charge in [0.2, 0.25) is 0 Å². The lowest BCUT2D eigenvalue weighted by Gasteiger charge is -2.44. The Labute approximate surface area is 130 Å². The zero-order valence-corrected chi connectivity index (χ0v) is 12.0. The summed E-state index contributed by atoms with van der Waals surface area (Å²) in [7, 11) is 0. The molecule has 1 unspecified atom stereocenters. The summed E-state index contributed by atoms with van der Waals surface area (Å²) in [5.41, 5.74) is 0. The summed E-state index contributed by atoms with van der Waals surface area (Å²) in [5.74, 6) is 0. The van der Waals surface area contributed by atoms with Crippen LogP contribution in [0.25, 0.3) is 0 Å². The molecule has 0 amide bonds. The Morgan fingerprint density at radius 2 is 1.17 bits per heavy atom. The van der Waals surface area contributed by atoms with Crippen molar-refractivity contribution in [3.05, 3.63) is 0 Å². The standard InChI is InChI=1S/C12H22O11/c13-1-3-6(16)8(18)10(11(20)21-3)23-12-9(19)7(17)5(15)4(2-14)22-12/h3-20H,1-2H2/t3-,4-,5+,6+,7+,8+,9-,10-,11?,12-/m1/s1. The molecule has 8 N–H and O–H groups in total. The van der Waals surface area contributed by atoms with E-state index in [1.807, 2.05) is 0 Å². The van der Waals surface area contributed by atoms with E-state index >= 15 is 0 Å². The van der Waals surface area contributed by atoms with Crippen molar-refractivity contribution in [1.29, 1.82) is 0 Å². The first kappa shape index (κ1) is 18.9. The summed E-state index contributed by atoms with van der Waals surface area (Å²) in [6.45, 7) is -1.33. The molecule has 11 heteroatoms. The summed E-state index contributed by atoms with van der Waals surface area (Å²) in [6, 6.07) is 0. The lowest BCUT2D eigenvalue weighted by Crippen LogP contribution is -2.64. The largest absolute Gasteiger partial charge is 0.394 e. The second kappa shape index (κ2) is 7.63. The number of hydrogen-bond donors (Lipinski definition) is 8. The van der Waals surface area contributed by atoms with Gasteiger partial charge < -0.3 is 55.1 Å². The third-order valence-electron chi connectivity index (χ3n) is 3.98. The van der Waals surface area contributed by atoms with Crippen molar-refractivity contribution < 1.29 is 55.1 Å². The van der Waals surface area contributed by atoms with Crippen molar-refractivity contribution in [2.45, 2.75) is 61.4 Å². The van der Waals surface area contributed by atoms with Crippen LogP contribution in [0.1, 0.15) is 0 Å². The Hall–Kier alpha value is -0.440. The second-order valence-corrected chi connectivity index (χ2v) is 5.53. The highest BCUT2D eigenvalue weighted by Gasteiger charge is 2.50. The smallest absolute Gasteiger partial charge is 0.187 e. The van der Waals surface area contributed by atoms with Gasteiger partial charge in [-0.1, -0.05) is 0 Å². The first-order valence-corrected chi connectivity index (χ1v) is 7.08. The van der Waals surface area contributed by atoms with Crippen molar-refractivity contribution in [1.82, 2.24) is 0 Å². The molecule has 2 aliphatic rings. The Kier molecular flexibility index (Phi) is 6.27. The number of hydrogen-bond acceptors (Lipinski definition) is 11. The minimum absolute atomic E-state index is 0.651. The molecule has 2 saturated heterocycles. The minimum Gasteiger partial charge on any atom is -0.394 e. The fourth-order valence-electron chi connectivity index (χ4n) is 2.55. The maximum atomic E-state index is 9.94. The average molecular weight is 342 g/mol. The van der Waals surface area contributed by atoms with Gasteiger partial charge in [-0.2, -0.15) is 0 Å². The SMILES string of the molecule is OC[C@H]1O[C@H](O[C@H]2C(O)O[C@H](CO)[C@H](O)[C@@H]2O)[C@H](O)[C@@H](O)[C@H]1O. The van der Waals surface area contributed by atoms with Gasteiger partial charge in [-0.25, -0.2) is 0 Å². The van der Waals surface area contributed by atoms with E-state index < -0.39 is 74.6 Å². The van der Waals surface area contributed by atoms with E-state index in [2.05, 4.69) is 0 Å². The zero-order valence-electron chi connectivity index (χ0n) is 12.0. The molecule has 11 nitrogen and oxygen atoms in total. The molecule has 0 spiro atoms. The predicted octanol–water partition coefficient (Wildman–Crippen LogP) is -5.40. The van der Waals surface area contributed by atoms with Crippen molar-refractivity contribution in [2.24, 2.45) is 0 Å². The van der Waals surface area contributed by atoms with E-state index in [1.54, 1.807) is 0 Å². The Morgan fingerprint density at radius 1 is 0.652 bits per heavy atom. The van der Waals surface area contributed by atoms with E-state index in [9.17, 15) is 30.6 Å². The molecule has 136 valence electrons. The molecule has 0 aromatic rings. The van der Waals surface area contributed by atoms with Gasteiger partial charge in [0.15, 0.2) is 12.6 Å². The highest BCUT2D eigenvalue weighted by atomic mass is 16.7. The fourth-order valence-corrected chi connectivity index (χ4v) is 2.55. The van der Waals surface area contributed by atoms with Crippen LogP contribution in [-0.2, 0) is 14.2 Å². The lowest BCUT2D eigenvalue weighted by molar-refractivity contribution is -0.361. The van der Waals surface area contributed by atoms with E-state index in [-0.39, 0.29) is 0 Å². The number of ether oxygens (including phenoxy) is 3. The molecular weight excluding hydrogens is 320 g/mol. The Morgan fingerprint density at radius 3 is 1.74 bits per heavy atom. The summed E-state index contributed by atoms with van der Waals surface area (Å²) in [6.07, 6.45) is -15.6. The second-order valence-electron chi connectivity index (χ2n) is 5.53. The van der Waals surface area contributed by atoms with Crippen LogP contribution in [0.15, 0.2) is 0 Å². The number of rotatable bonds is 4. The first-order chi connectivity index (χ1) is 10.8. The maximum absolute atomic E-state index is 9.94. The van der Waals surface area contributed by atoms with Crippen LogP contribution >= 0.6 is 0 Å². The van der Waals surface area contributed by atoms with Crippen LogP contribution in [-0.4, -0.2) is 115 Å². The van der Waals surface area contributed by atoms with Crippen molar-refractivity contribution in [3.8, 4) is 0 Å². The molecule has 2 fully saturated rings. The molecule has 23 heavy (non-hydrogen) atoms. The minimum atomic E-state index is -1.75. The first-order valence-electron chi connectivity index (χ1n) is 7.08. The summed E-state index contributed by atoms with van der Waals surface area (Å²) < 4.78 is 15.1. The maximum Gasteiger partial charge on any atom is 0.187 e. The van der Waals surface area contributed by atoms with Crippen LogP contribution < -0.4 is 0 Å². The molecule has 0 saturated carbocycles. The van der Waals surface area contributed by atoms with Gasteiger partial charge in [-0.3, -0.25) is 0 Å². The molecule has 0 radical (unpaired) electrons.